The number of carbonyl (C=O) groups is 2. The molecule has 0 aliphatic carbocycles. The fourth-order valence-corrected chi connectivity index (χ4v) is 2.51. The third-order valence-corrected chi connectivity index (χ3v) is 3.62. The first-order valence-corrected chi connectivity index (χ1v) is 7.12. The molecule has 1 aliphatic heterocycles. The summed E-state index contributed by atoms with van der Waals surface area (Å²) >= 11 is 11.7. The van der Waals surface area contributed by atoms with Crippen LogP contribution in [-0.4, -0.2) is 40.8 Å². The number of halogens is 2. The second kappa shape index (κ2) is 6.41. The quantitative estimate of drug-likeness (QED) is 0.866. The van der Waals surface area contributed by atoms with Crippen LogP contribution < -0.4 is 5.32 Å². The number of hydrogen-bond acceptors (Lipinski definition) is 3. The number of pyridine rings is 1. The average molecular weight is 316 g/mol. The van der Waals surface area contributed by atoms with Crippen LogP contribution in [-0.2, 0) is 4.79 Å². The van der Waals surface area contributed by atoms with Crippen LogP contribution in [0.25, 0.3) is 0 Å². The number of carbonyl (C=O) groups excluding carboxylic acids is 2. The van der Waals surface area contributed by atoms with Gasteiger partial charge in [0.25, 0.3) is 5.91 Å². The summed E-state index contributed by atoms with van der Waals surface area (Å²) in [4.78, 5) is 29.2. The van der Waals surface area contributed by atoms with E-state index < -0.39 is 0 Å². The maximum atomic E-state index is 12.1. The fourth-order valence-electron chi connectivity index (χ4n) is 2.16. The summed E-state index contributed by atoms with van der Waals surface area (Å²) in [6.45, 7) is 3.10. The first-order chi connectivity index (χ1) is 9.47. The summed E-state index contributed by atoms with van der Waals surface area (Å²) in [6.07, 6.45) is 2.81. The highest BCUT2D eigenvalue weighted by Gasteiger charge is 2.23. The van der Waals surface area contributed by atoms with Crippen molar-refractivity contribution in [1.29, 1.82) is 0 Å². The maximum absolute atomic E-state index is 12.1. The molecular weight excluding hydrogens is 301 g/mol. The number of likely N-dealkylation sites (tertiary alicyclic amines) is 1. The van der Waals surface area contributed by atoms with Gasteiger partial charge in [0.1, 0.15) is 5.15 Å². The molecule has 2 rings (SSSR count). The van der Waals surface area contributed by atoms with Gasteiger partial charge in [-0.15, -0.1) is 0 Å². The van der Waals surface area contributed by atoms with Crippen LogP contribution >= 0.6 is 23.2 Å². The zero-order valence-electron chi connectivity index (χ0n) is 11.0. The van der Waals surface area contributed by atoms with E-state index in [4.69, 9.17) is 23.2 Å². The van der Waals surface area contributed by atoms with E-state index in [0.29, 0.717) is 13.0 Å². The zero-order chi connectivity index (χ0) is 14.7. The molecule has 0 spiro atoms. The molecule has 20 heavy (non-hydrogen) atoms. The van der Waals surface area contributed by atoms with Crippen LogP contribution in [0.1, 0.15) is 30.1 Å². The van der Waals surface area contributed by atoms with Gasteiger partial charge in [0.05, 0.1) is 10.6 Å². The van der Waals surface area contributed by atoms with E-state index in [1.54, 1.807) is 4.90 Å². The third kappa shape index (κ3) is 3.61. The van der Waals surface area contributed by atoms with Crippen LogP contribution in [0.4, 0.5) is 0 Å². The molecule has 1 fully saturated rings. The Balaban J connectivity index is 1.96. The van der Waals surface area contributed by atoms with Gasteiger partial charge in [-0.3, -0.25) is 9.59 Å². The van der Waals surface area contributed by atoms with Gasteiger partial charge in [0.2, 0.25) is 5.91 Å². The van der Waals surface area contributed by atoms with Gasteiger partial charge in [0.15, 0.2) is 0 Å². The summed E-state index contributed by atoms with van der Waals surface area (Å²) in [7, 11) is 0. The molecule has 1 N–H and O–H groups in total. The molecular formula is C13H15Cl2N3O2. The van der Waals surface area contributed by atoms with Crippen LogP contribution in [0.2, 0.25) is 10.2 Å². The van der Waals surface area contributed by atoms with Gasteiger partial charge in [-0.1, -0.05) is 23.2 Å². The van der Waals surface area contributed by atoms with Gasteiger partial charge in [0, 0.05) is 31.7 Å². The molecule has 1 unspecified atom stereocenters. The predicted octanol–water partition coefficient (Wildman–Crippen LogP) is 2.13. The molecule has 0 aromatic carbocycles. The molecule has 2 heterocycles. The topological polar surface area (TPSA) is 62.3 Å². The SMILES string of the molecule is CC(CN1CCCC1=O)NC(=O)c1cc(Cl)ncc1Cl. The normalized spacial score (nSPS) is 16.4. The average Bonchev–Trinajstić information content (AvgIpc) is 2.77. The van der Waals surface area contributed by atoms with Crippen molar-refractivity contribution < 1.29 is 9.59 Å². The third-order valence-electron chi connectivity index (χ3n) is 3.11. The van der Waals surface area contributed by atoms with Gasteiger partial charge in [-0.2, -0.15) is 0 Å². The molecule has 1 saturated heterocycles. The van der Waals surface area contributed by atoms with Crippen molar-refractivity contribution in [2.24, 2.45) is 0 Å². The minimum Gasteiger partial charge on any atom is -0.348 e. The maximum Gasteiger partial charge on any atom is 0.253 e. The number of nitrogens with zero attached hydrogens (tertiary/aromatic N) is 2. The van der Waals surface area contributed by atoms with Crippen molar-refractivity contribution in [1.82, 2.24) is 15.2 Å². The Kier molecular flexibility index (Phi) is 4.83. The largest absolute Gasteiger partial charge is 0.348 e. The summed E-state index contributed by atoms with van der Waals surface area (Å²) < 4.78 is 0. The Hall–Kier alpha value is -1.33. The Morgan fingerprint density at radius 3 is 2.95 bits per heavy atom. The number of amides is 2. The molecule has 7 heteroatoms. The van der Waals surface area contributed by atoms with Crippen LogP contribution in [0.15, 0.2) is 12.3 Å². The molecule has 2 amide bonds. The highest BCUT2D eigenvalue weighted by molar-refractivity contribution is 6.35. The van der Waals surface area contributed by atoms with Crippen molar-refractivity contribution in [3.05, 3.63) is 28.0 Å². The Morgan fingerprint density at radius 2 is 2.30 bits per heavy atom. The van der Waals surface area contributed by atoms with Crippen molar-refractivity contribution in [3.8, 4) is 0 Å². The molecule has 0 saturated carbocycles. The minimum absolute atomic E-state index is 0.135. The van der Waals surface area contributed by atoms with Crippen molar-refractivity contribution >= 4 is 35.0 Å². The van der Waals surface area contributed by atoms with Crippen molar-refractivity contribution in [2.75, 3.05) is 13.1 Å². The van der Waals surface area contributed by atoms with E-state index in [9.17, 15) is 9.59 Å². The van der Waals surface area contributed by atoms with E-state index >= 15 is 0 Å². The monoisotopic (exact) mass is 315 g/mol. The smallest absolute Gasteiger partial charge is 0.253 e. The predicted molar refractivity (Wildman–Crippen MR) is 77.0 cm³/mol. The molecule has 1 atom stereocenters. The number of nitrogens with one attached hydrogen (secondary N) is 1. The van der Waals surface area contributed by atoms with Gasteiger partial charge >= 0.3 is 0 Å². The zero-order valence-corrected chi connectivity index (χ0v) is 12.5. The van der Waals surface area contributed by atoms with Crippen LogP contribution in [0, 0.1) is 0 Å². The Morgan fingerprint density at radius 1 is 1.55 bits per heavy atom. The molecule has 0 radical (unpaired) electrons. The van der Waals surface area contributed by atoms with Crippen molar-refractivity contribution in [2.45, 2.75) is 25.8 Å². The van der Waals surface area contributed by atoms with Gasteiger partial charge in [-0.05, 0) is 19.4 Å². The first kappa shape index (κ1) is 15.1. The summed E-state index contributed by atoms with van der Waals surface area (Å²) in [5, 5.41) is 3.26. The molecule has 108 valence electrons. The van der Waals surface area contributed by atoms with Crippen LogP contribution in [0.5, 0.6) is 0 Å². The van der Waals surface area contributed by atoms with E-state index in [0.717, 1.165) is 13.0 Å². The number of rotatable bonds is 4. The highest BCUT2D eigenvalue weighted by atomic mass is 35.5. The van der Waals surface area contributed by atoms with E-state index in [1.807, 2.05) is 6.92 Å². The lowest BCUT2D eigenvalue weighted by Crippen LogP contribution is -2.42. The molecule has 1 aliphatic rings. The summed E-state index contributed by atoms with van der Waals surface area (Å²) in [6, 6.07) is 1.26. The standard InChI is InChI=1S/C13H15Cl2N3O2/c1-8(7-18-4-2-3-12(18)19)17-13(20)9-5-11(15)16-6-10(9)14/h5-6,8H,2-4,7H2,1H3,(H,17,20). The van der Waals surface area contributed by atoms with E-state index in [-0.39, 0.29) is 33.6 Å². The molecule has 1 aromatic heterocycles. The van der Waals surface area contributed by atoms with Gasteiger partial charge < -0.3 is 10.2 Å². The highest BCUT2D eigenvalue weighted by Crippen LogP contribution is 2.18. The Labute approximate surface area is 127 Å². The minimum atomic E-state index is -0.321. The van der Waals surface area contributed by atoms with Gasteiger partial charge in [-0.25, -0.2) is 4.98 Å². The van der Waals surface area contributed by atoms with E-state index in [1.165, 1.54) is 12.3 Å². The molecule has 5 nitrogen and oxygen atoms in total. The summed E-state index contributed by atoms with van der Waals surface area (Å²) in [5.74, 6) is -0.186. The van der Waals surface area contributed by atoms with Crippen molar-refractivity contribution in [3.63, 3.8) is 0 Å². The lowest BCUT2D eigenvalue weighted by atomic mass is 10.2. The van der Waals surface area contributed by atoms with Crippen LogP contribution in [0.3, 0.4) is 0 Å². The number of aromatic nitrogens is 1. The van der Waals surface area contributed by atoms with E-state index in [2.05, 4.69) is 10.3 Å². The first-order valence-electron chi connectivity index (χ1n) is 6.37. The molecule has 1 aromatic rings. The fraction of sp³-hybridized carbons (Fsp3) is 0.462. The second-order valence-corrected chi connectivity index (χ2v) is 5.60. The Bertz CT molecular complexity index is 536. The lowest BCUT2D eigenvalue weighted by Gasteiger charge is -2.21. The second-order valence-electron chi connectivity index (χ2n) is 4.80. The lowest BCUT2D eigenvalue weighted by molar-refractivity contribution is -0.127. The molecule has 0 bridgehead atoms. The summed E-state index contributed by atoms with van der Waals surface area (Å²) in [5.41, 5.74) is 0.284. The number of hydrogen-bond donors (Lipinski definition) is 1.